The number of ether oxygens (including phenoxy) is 1. The first-order chi connectivity index (χ1) is 6.04. The summed E-state index contributed by atoms with van der Waals surface area (Å²) in [7, 11) is 1.67. The minimum Gasteiger partial charge on any atom is -0.386 e. The SMILES string of the molecule is COCc1ccc(C(C)(C)O)cc1. The van der Waals surface area contributed by atoms with Crippen molar-refractivity contribution in [2.75, 3.05) is 7.11 Å². The van der Waals surface area contributed by atoms with Crippen molar-refractivity contribution in [2.45, 2.75) is 26.1 Å². The lowest BCUT2D eigenvalue weighted by molar-refractivity contribution is 0.0785. The molecule has 0 aliphatic carbocycles. The van der Waals surface area contributed by atoms with Gasteiger partial charge >= 0.3 is 0 Å². The van der Waals surface area contributed by atoms with Crippen molar-refractivity contribution in [3.05, 3.63) is 35.4 Å². The standard InChI is InChI=1S/C11H16O2/c1-11(2,12)10-6-4-9(5-7-10)8-13-3/h4-7,12H,8H2,1-3H3. The zero-order valence-electron chi connectivity index (χ0n) is 8.37. The van der Waals surface area contributed by atoms with E-state index < -0.39 is 5.60 Å². The largest absolute Gasteiger partial charge is 0.386 e. The maximum atomic E-state index is 9.68. The van der Waals surface area contributed by atoms with Crippen molar-refractivity contribution < 1.29 is 9.84 Å². The second-order valence-electron chi connectivity index (χ2n) is 3.69. The van der Waals surface area contributed by atoms with E-state index in [1.165, 1.54) is 0 Å². The highest BCUT2D eigenvalue weighted by atomic mass is 16.5. The summed E-state index contributed by atoms with van der Waals surface area (Å²) in [4.78, 5) is 0. The first-order valence-corrected chi connectivity index (χ1v) is 4.35. The predicted molar refractivity (Wildman–Crippen MR) is 52.4 cm³/mol. The van der Waals surface area contributed by atoms with Crippen LogP contribution in [0.25, 0.3) is 0 Å². The molecule has 0 aliphatic heterocycles. The number of methoxy groups -OCH3 is 1. The van der Waals surface area contributed by atoms with Crippen molar-refractivity contribution in [1.82, 2.24) is 0 Å². The van der Waals surface area contributed by atoms with Gasteiger partial charge in [0.25, 0.3) is 0 Å². The zero-order chi connectivity index (χ0) is 9.90. The van der Waals surface area contributed by atoms with Crippen LogP contribution in [0.3, 0.4) is 0 Å². The van der Waals surface area contributed by atoms with E-state index >= 15 is 0 Å². The van der Waals surface area contributed by atoms with Gasteiger partial charge in [-0.25, -0.2) is 0 Å². The van der Waals surface area contributed by atoms with Crippen LogP contribution < -0.4 is 0 Å². The molecule has 1 aromatic carbocycles. The molecular weight excluding hydrogens is 164 g/mol. The molecule has 0 bridgehead atoms. The van der Waals surface area contributed by atoms with Gasteiger partial charge < -0.3 is 9.84 Å². The van der Waals surface area contributed by atoms with Crippen molar-refractivity contribution in [1.29, 1.82) is 0 Å². The van der Waals surface area contributed by atoms with Crippen LogP contribution in [0.5, 0.6) is 0 Å². The van der Waals surface area contributed by atoms with Crippen molar-refractivity contribution >= 4 is 0 Å². The van der Waals surface area contributed by atoms with Crippen LogP contribution in [0.2, 0.25) is 0 Å². The molecule has 0 fully saturated rings. The summed E-state index contributed by atoms with van der Waals surface area (Å²) >= 11 is 0. The zero-order valence-corrected chi connectivity index (χ0v) is 8.37. The Balaban J connectivity index is 2.81. The Kier molecular flexibility index (Phi) is 3.07. The van der Waals surface area contributed by atoms with Crippen LogP contribution in [0.1, 0.15) is 25.0 Å². The van der Waals surface area contributed by atoms with E-state index in [9.17, 15) is 5.11 Å². The first-order valence-electron chi connectivity index (χ1n) is 4.35. The van der Waals surface area contributed by atoms with Gasteiger partial charge in [-0.2, -0.15) is 0 Å². The van der Waals surface area contributed by atoms with Gasteiger partial charge in [0, 0.05) is 7.11 Å². The van der Waals surface area contributed by atoms with Gasteiger partial charge in [-0.05, 0) is 25.0 Å². The highest BCUT2D eigenvalue weighted by Gasteiger charge is 2.14. The minimum absolute atomic E-state index is 0.617. The summed E-state index contributed by atoms with van der Waals surface area (Å²) in [6.07, 6.45) is 0. The van der Waals surface area contributed by atoms with Gasteiger partial charge in [0.1, 0.15) is 0 Å². The highest BCUT2D eigenvalue weighted by Crippen LogP contribution is 2.19. The first kappa shape index (κ1) is 10.2. The monoisotopic (exact) mass is 180 g/mol. The number of hydrogen-bond donors (Lipinski definition) is 1. The Morgan fingerprint density at radius 1 is 1.23 bits per heavy atom. The van der Waals surface area contributed by atoms with Gasteiger partial charge in [0.2, 0.25) is 0 Å². The number of rotatable bonds is 3. The molecule has 0 saturated carbocycles. The molecule has 2 heteroatoms. The average Bonchev–Trinajstić information content (AvgIpc) is 2.04. The van der Waals surface area contributed by atoms with Gasteiger partial charge in [-0.1, -0.05) is 24.3 Å². The molecular formula is C11H16O2. The van der Waals surface area contributed by atoms with Crippen LogP contribution in [0.15, 0.2) is 24.3 Å². The van der Waals surface area contributed by atoms with E-state index in [2.05, 4.69) is 0 Å². The fraction of sp³-hybridized carbons (Fsp3) is 0.455. The second-order valence-corrected chi connectivity index (χ2v) is 3.69. The van der Waals surface area contributed by atoms with E-state index in [-0.39, 0.29) is 0 Å². The Bertz CT molecular complexity index is 256. The van der Waals surface area contributed by atoms with E-state index in [4.69, 9.17) is 4.74 Å². The third kappa shape index (κ3) is 2.83. The van der Waals surface area contributed by atoms with Crippen molar-refractivity contribution in [3.8, 4) is 0 Å². The van der Waals surface area contributed by atoms with Gasteiger partial charge in [0.05, 0.1) is 12.2 Å². The topological polar surface area (TPSA) is 29.5 Å². The molecule has 0 amide bonds. The molecule has 0 aromatic heterocycles. The molecule has 13 heavy (non-hydrogen) atoms. The molecule has 0 unspecified atom stereocenters. The lowest BCUT2D eigenvalue weighted by Gasteiger charge is -2.17. The Morgan fingerprint density at radius 2 is 1.77 bits per heavy atom. The van der Waals surface area contributed by atoms with E-state index in [0.29, 0.717) is 6.61 Å². The third-order valence-corrected chi connectivity index (χ3v) is 1.97. The Morgan fingerprint density at radius 3 is 2.15 bits per heavy atom. The molecule has 72 valence electrons. The molecule has 1 aromatic rings. The average molecular weight is 180 g/mol. The minimum atomic E-state index is -0.758. The summed E-state index contributed by atoms with van der Waals surface area (Å²) in [6, 6.07) is 7.79. The molecule has 0 aliphatic rings. The molecule has 0 spiro atoms. The van der Waals surface area contributed by atoms with Crippen LogP contribution in [-0.2, 0) is 16.9 Å². The van der Waals surface area contributed by atoms with Gasteiger partial charge in [0.15, 0.2) is 0 Å². The Labute approximate surface area is 79.2 Å². The summed E-state index contributed by atoms with van der Waals surface area (Å²) in [6.45, 7) is 4.17. The number of hydrogen-bond acceptors (Lipinski definition) is 2. The van der Waals surface area contributed by atoms with Crippen LogP contribution >= 0.6 is 0 Å². The van der Waals surface area contributed by atoms with Gasteiger partial charge in [-0.3, -0.25) is 0 Å². The molecule has 1 N–H and O–H groups in total. The van der Waals surface area contributed by atoms with Crippen LogP contribution in [0.4, 0.5) is 0 Å². The quantitative estimate of drug-likeness (QED) is 0.771. The molecule has 0 saturated heterocycles. The summed E-state index contributed by atoms with van der Waals surface area (Å²) in [5.41, 5.74) is 1.29. The molecule has 1 rings (SSSR count). The van der Waals surface area contributed by atoms with E-state index in [0.717, 1.165) is 11.1 Å². The second kappa shape index (κ2) is 3.90. The molecule has 0 atom stereocenters. The third-order valence-electron chi connectivity index (χ3n) is 1.97. The fourth-order valence-electron chi connectivity index (χ4n) is 1.18. The summed E-state index contributed by atoms with van der Waals surface area (Å²) in [5.74, 6) is 0. The smallest absolute Gasteiger partial charge is 0.0840 e. The van der Waals surface area contributed by atoms with E-state index in [1.807, 2.05) is 24.3 Å². The Hall–Kier alpha value is -0.860. The van der Waals surface area contributed by atoms with E-state index in [1.54, 1.807) is 21.0 Å². The lowest BCUT2D eigenvalue weighted by atomic mass is 9.97. The van der Waals surface area contributed by atoms with Crippen LogP contribution in [-0.4, -0.2) is 12.2 Å². The predicted octanol–water partition coefficient (Wildman–Crippen LogP) is 2.06. The summed E-state index contributed by atoms with van der Waals surface area (Å²) < 4.78 is 4.99. The maximum absolute atomic E-state index is 9.68. The normalized spacial score (nSPS) is 11.7. The summed E-state index contributed by atoms with van der Waals surface area (Å²) in [5, 5.41) is 9.68. The van der Waals surface area contributed by atoms with Crippen molar-refractivity contribution in [3.63, 3.8) is 0 Å². The molecule has 0 heterocycles. The number of benzene rings is 1. The molecule has 2 nitrogen and oxygen atoms in total. The fourth-order valence-corrected chi connectivity index (χ4v) is 1.18. The maximum Gasteiger partial charge on any atom is 0.0840 e. The highest BCUT2D eigenvalue weighted by molar-refractivity contribution is 5.25. The number of aliphatic hydroxyl groups is 1. The lowest BCUT2D eigenvalue weighted by Crippen LogP contribution is -2.15. The van der Waals surface area contributed by atoms with Gasteiger partial charge in [-0.15, -0.1) is 0 Å². The molecule has 0 radical (unpaired) electrons. The van der Waals surface area contributed by atoms with Crippen LogP contribution in [0, 0.1) is 0 Å². The van der Waals surface area contributed by atoms with Crippen molar-refractivity contribution in [2.24, 2.45) is 0 Å².